The molecule has 0 saturated carbocycles. The zero-order chi connectivity index (χ0) is 23.4. The lowest BCUT2D eigenvalue weighted by Crippen LogP contribution is -2.17. The van der Waals surface area contributed by atoms with Gasteiger partial charge in [0.2, 0.25) is 0 Å². The Morgan fingerprint density at radius 1 is 0.970 bits per heavy atom. The average molecular weight is 463 g/mol. The van der Waals surface area contributed by atoms with Crippen LogP contribution in [-0.4, -0.2) is 30.9 Å². The molecule has 1 amide bonds. The van der Waals surface area contributed by atoms with Crippen LogP contribution in [0.2, 0.25) is 0 Å². The van der Waals surface area contributed by atoms with Crippen molar-refractivity contribution in [3.63, 3.8) is 0 Å². The number of fused-ring (bicyclic) bond motifs is 1. The minimum atomic E-state index is -3.89. The van der Waals surface area contributed by atoms with Crippen molar-refractivity contribution >= 4 is 38.3 Å². The molecule has 0 unspecified atom stereocenters. The lowest BCUT2D eigenvalue weighted by atomic mass is 10.2. The maximum absolute atomic E-state index is 13.0. The number of aryl methyl sites for hydroxylation is 1. The minimum Gasteiger partial charge on any atom is -0.494 e. The zero-order valence-electron chi connectivity index (χ0n) is 18.1. The van der Waals surface area contributed by atoms with E-state index < -0.39 is 15.9 Å². The number of carbonyl (C=O) groups is 1. The SMILES string of the molecule is CCOc1ccc(NS(=O)(=O)c2cc(NC(=O)c3cnc4ccccc4n3)ccc2C)cc1. The third kappa shape index (κ3) is 5.09. The summed E-state index contributed by atoms with van der Waals surface area (Å²) < 4.78 is 34.0. The molecule has 0 aliphatic heterocycles. The molecule has 4 rings (SSSR count). The second-order valence-corrected chi connectivity index (χ2v) is 8.89. The molecule has 0 aliphatic carbocycles. The molecule has 4 aromatic rings. The largest absolute Gasteiger partial charge is 0.494 e. The molecule has 0 bridgehead atoms. The monoisotopic (exact) mass is 462 g/mol. The van der Waals surface area contributed by atoms with Gasteiger partial charge in [-0.05, 0) is 67.9 Å². The third-order valence-corrected chi connectivity index (χ3v) is 6.36. The van der Waals surface area contributed by atoms with Gasteiger partial charge in [0.1, 0.15) is 11.4 Å². The van der Waals surface area contributed by atoms with Crippen molar-refractivity contribution < 1.29 is 17.9 Å². The Kier molecular flexibility index (Phi) is 6.23. The number of nitrogens with one attached hydrogen (secondary N) is 2. The molecule has 1 aromatic heterocycles. The second kappa shape index (κ2) is 9.25. The number of anilines is 2. The van der Waals surface area contributed by atoms with Crippen LogP contribution in [0, 0.1) is 6.92 Å². The third-order valence-electron chi connectivity index (χ3n) is 4.83. The van der Waals surface area contributed by atoms with E-state index in [1.165, 1.54) is 12.3 Å². The van der Waals surface area contributed by atoms with E-state index in [9.17, 15) is 13.2 Å². The summed E-state index contributed by atoms with van der Waals surface area (Å²) in [6.07, 6.45) is 1.39. The van der Waals surface area contributed by atoms with E-state index >= 15 is 0 Å². The number of sulfonamides is 1. The summed E-state index contributed by atoms with van der Waals surface area (Å²) in [4.78, 5) is 21.3. The summed E-state index contributed by atoms with van der Waals surface area (Å²) in [7, 11) is -3.89. The predicted molar refractivity (Wildman–Crippen MR) is 127 cm³/mol. The highest BCUT2D eigenvalue weighted by Crippen LogP contribution is 2.24. The Labute approximate surface area is 191 Å². The van der Waals surface area contributed by atoms with E-state index in [0.29, 0.717) is 40.3 Å². The standard InChI is InChI=1S/C24H22N4O4S/c1-3-32-19-12-10-17(11-13-19)28-33(30,31)23-14-18(9-8-16(23)2)26-24(29)22-15-25-20-6-4-5-7-21(20)27-22/h4-15,28H,3H2,1-2H3,(H,26,29). The quantitative estimate of drug-likeness (QED) is 0.421. The molecule has 8 nitrogen and oxygen atoms in total. The van der Waals surface area contributed by atoms with Gasteiger partial charge < -0.3 is 10.1 Å². The molecular formula is C24H22N4O4S. The van der Waals surface area contributed by atoms with Crippen LogP contribution in [0.15, 0.2) is 77.8 Å². The van der Waals surface area contributed by atoms with E-state index in [0.717, 1.165) is 0 Å². The topological polar surface area (TPSA) is 110 Å². The number of aromatic nitrogens is 2. The summed E-state index contributed by atoms with van der Waals surface area (Å²) in [6, 6.07) is 18.5. The molecule has 0 atom stereocenters. The number of nitrogens with zero attached hydrogens (tertiary/aromatic N) is 2. The Hall–Kier alpha value is -3.98. The fraction of sp³-hybridized carbons (Fsp3) is 0.125. The van der Waals surface area contributed by atoms with Crippen LogP contribution < -0.4 is 14.8 Å². The lowest BCUT2D eigenvalue weighted by Gasteiger charge is -2.13. The van der Waals surface area contributed by atoms with Crippen molar-refractivity contribution in [2.45, 2.75) is 18.7 Å². The number of hydrogen-bond donors (Lipinski definition) is 2. The van der Waals surface area contributed by atoms with Gasteiger partial charge in [0.15, 0.2) is 0 Å². The second-order valence-electron chi connectivity index (χ2n) is 7.24. The number of ether oxygens (including phenoxy) is 1. The molecule has 0 radical (unpaired) electrons. The summed E-state index contributed by atoms with van der Waals surface area (Å²) in [6.45, 7) is 4.08. The van der Waals surface area contributed by atoms with Gasteiger partial charge in [-0.1, -0.05) is 18.2 Å². The molecule has 0 fully saturated rings. The minimum absolute atomic E-state index is 0.0544. The molecule has 3 aromatic carbocycles. The van der Waals surface area contributed by atoms with Crippen molar-refractivity contribution in [2.24, 2.45) is 0 Å². The van der Waals surface area contributed by atoms with E-state index in [-0.39, 0.29) is 10.6 Å². The maximum atomic E-state index is 13.0. The fourth-order valence-corrected chi connectivity index (χ4v) is 4.56. The van der Waals surface area contributed by atoms with Gasteiger partial charge >= 0.3 is 0 Å². The van der Waals surface area contributed by atoms with E-state index in [4.69, 9.17) is 4.74 Å². The molecule has 2 N–H and O–H groups in total. The first-order valence-corrected chi connectivity index (χ1v) is 11.7. The summed E-state index contributed by atoms with van der Waals surface area (Å²) in [5.74, 6) is 0.165. The van der Waals surface area contributed by atoms with Crippen molar-refractivity contribution in [3.05, 3.63) is 84.2 Å². The van der Waals surface area contributed by atoms with Crippen LogP contribution in [0.3, 0.4) is 0 Å². The molecule has 0 spiro atoms. The van der Waals surface area contributed by atoms with Gasteiger partial charge in [-0.25, -0.2) is 13.4 Å². The molecule has 168 valence electrons. The summed E-state index contributed by atoms with van der Waals surface area (Å²) >= 11 is 0. The van der Waals surface area contributed by atoms with E-state index in [2.05, 4.69) is 20.0 Å². The predicted octanol–water partition coefficient (Wildman–Crippen LogP) is 4.39. The summed E-state index contributed by atoms with van der Waals surface area (Å²) in [5.41, 5.74) is 2.67. The molecule has 9 heteroatoms. The number of hydrogen-bond acceptors (Lipinski definition) is 6. The van der Waals surface area contributed by atoms with Crippen molar-refractivity contribution in [1.82, 2.24) is 9.97 Å². The van der Waals surface area contributed by atoms with Crippen LogP contribution in [-0.2, 0) is 10.0 Å². The van der Waals surface area contributed by atoms with Crippen LogP contribution >= 0.6 is 0 Å². The van der Waals surface area contributed by atoms with Crippen molar-refractivity contribution in [1.29, 1.82) is 0 Å². The van der Waals surface area contributed by atoms with Gasteiger partial charge in [0.05, 0.1) is 28.7 Å². The summed E-state index contributed by atoms with van der Waals surface area (Å²) in [5, 5.41) is 2.70. The van der Waals surface area contributed by atoms with Crippen LogP contribution in [0.1, 0.15) is 23.0 Å². The fourth-order valence-electron chi connectivity index (χ4n) is 3.23. The molecule has 0 saturated heterocycles. The van der Waals surface area contributed by atoms with Gasteiger partial charge in [-0.3, -0.25) is 14.5 Å². The zero-order valence-corrected chi connectivity index (χ0v) is 18.9. The molecule has 1 heterocycles. The van der Waals surface area contributed by atoms with Crippen molar-refractivity contribution in [3.8, 4) is 5.75 Å². The van der Waals surface area contributed by atoms with Crippen LogP contribution in [0.4, 0.5) is 11.4 Å². The Balaban J connectivity index is 1.55. The Morgan fingerprint density at radius 3 is 2.39 bits per heavy atom. The first-order valence-electron chi connectivity index (χ1n) is 10.3. The van der Waals surface area contributed by atoms with Crippen LogP contribution in [0.25, 0.3) is 11.0 Å². The first-order chi connectivity index (χ1) is 15.9. The average Bonchev–Trinajstić information content (AvgIpc) is 2.81. The van der Waals surface area contributed by atoms with E-state index in [1.54, 1.807) is 55.5 Å². The van der Waals surface area contributed by atoms with Gasteiger partial charge in [-0.15, -0.1) is 0 Å². The first kappa shape index (κ1) is 22.2. The van der Waals surface area contributed by atoms with Crippen LogP contribution in [0.5, 0.6) is 5.75 Å². The maximum Gasteiger partial charge on any atom is 0.275 e. The number of para-hydroxylation sites is 2. The normalized spacial score (nSPS) is 11.2. The van der Waals surface area contributed by atoms with Gasteiger partial charge in [0, 0.05) is 11.4 Å². The smallest absolute Gasteiger partial charge is 0.275 e. The number of amides is 1. The van der Waals surface area contributed by atoms with Crippen molar-refractivity contribution in [2.75, 3.05) is 16.6 Å². The molecule has 33 heavy (non-hydrogen) atoms. The Morgan fingerprint density at radius 2 is 1.67 bits per heavy atom. The molecular weight excluding hydrogens is 440 g/mol. The number of carbonyl (C=O) groups excluding carboxylic acids is 1. The number of rotatable bonds is 7. The lowest BCUT2D eigenvalue weighted by molar-refractivity contribution is 0.102. The number of benzene rings is 3. The highest BCUT2D eigenvalue weighted by Gasteiger charge is 2.19. The molecule has 0 aliphatic rings. The highest BCUT2D eigenvalue weighted by atomic mass is 32.2. The van der Waals surface area contributed by atoms with E-state index in [1.807, 2.05) is 19.1 Å². The Bertz CT molecular complexity index is 1420. The van der Waals surface area contributed by atoms with Gasteiger partial charge in [-0.2, -0.15) is 0 Å². The highest BCUT2D eigenvalue weighted by molar-refractivity contribution is 7.92. The van der Waals surface area contributed by atoms with Gasteiger partial charge in [0.25, 0.3) is 15.9 Å².